The van der Waals surface area contributed by atoms with Crippen LogP contribution in [-0.2, 0) is 4.79 Å². The SMILES string of the molecule is O=C(O)[C@@H]1C2CCC(CC2)[C@H]1Nc1nc(-c2c[nH]c3ncc(F)nc23)nc(-c2cccs2)c1F. The maximum atomic E-state index is 15.7. The minimum Gasteiger partial charge on any atom is -0.481 e. The van der Waals surface area contributed by atoms with E-state index >= 15 is 4.39 Å². The van der Waals surface area contributed by atoms with Crippen LogP contribution in [0.15, 0.2) is 29.9 Å². The van der Waals surface area contributed by atoms with Crippen LogP contribution in [0.3, 0.4) is 0 Å². The Morgan fingerprint density at radius 2 is 1.94 bits per heavy atom. The number of aromatic amines is 1. The van der Waals surface area contributed by atoms with Crippen molar-refractivity contribution in [2.75, 3.05) is 5.32 Å². The second-order valence-corrected chi connectivity index (χ2v) is 9.78. The molecule has 3 saturated carbocycles. The second kappa shape index (κ2) is 8.08. The van der Waals surface area contributed by atoms with E-state index in [1.54, 1.807) is 18.3 Å². The number of rotatable bonds is 5. The van der Waals surface area contributed by atoms with Crippen LogP contribution in [0.25, 0.3) is 33.1 Å². The number of thiophene rings is 1. The van der Waals surface area contributed by atoms with Crippen LogP contribution in [0.4, 0.5) is 14.6 Å². The number of halogens is 2. The van der Waals surface area contributed by atoms with Crippen molar-refractivity contribution < 1.29 is 18.7 Å². The van der Waals surface area contributed by atoms with Gasteiger partial charge >= 0.3 is 5.97 Å². The Morgan fingerprint density at radius 3 is 2.68 bits per heavy atom. The molecule has 0 saturated heterocycles. The molecule has 2 atom stereocenters. The van der Waals surface area contributed by atoms with Gasteiger partial charge in [0.15, 0.2) is 23.1 Å². The molecule has 2 bridgehead atoms. The number of hydrogen-bond donors (Lipinski definition) is 3. The van der Waals surface area contributed by atoms with E-state index in [1.807, 2.05) is 5.38 Å². The average molecular weight is 483 g/mol. The third kappa shape index (κ3) is 3.42. The first-order chi connectivity index (χ1) is 16.5. The van der Waals surface area contributed by atoms with Gasteiger partial charge in [0.25, 0.3) is 0 Å². The minimum atomic E-state index is -0.873. The Kier molecular flexibility index (Phi) is 5.01. The number of carboxylic acids is 1. The largest absolute Gasteiger partial charge is 0.481 e. The van der Waals surface area contributed by atoms with E-state index in [0.717, 1.165) is 31.9 Å². The highest BCUT2D eigenvalue weighted by Gasteiger charge is 2.47. The predicted molar refractivity (Wildman–Crippen MR) is 122 cm³/mol. The number of H-pyrrole nitrogens is 1. The second-order valence-electron chi connectivity index (χ2n) is 8.84. The Morgan fingerprint density at radius 1 is 1.15 bits per heavy atom. The number of hydrogen-bond acceptors (Lipinski definition) is 7. The maximum absolute atomic E-state index is 15.7. The summed E-state index contributed by atoms with van der Waals surface area (Å²) >= 11 is 1.33. The van der Waals surface area contributed by atoms with Gasteiger partial charge in [0, 0.05) is 12.2 Å². The summed E-state index contributed by atoms with van der Waals surface area (Å²) in [5.41, 5.74) is 1.05. The van der Waals surface area contributed by atoms with Gasteiger partial charge in [-0.25, -0.2) is 24.3 Å². The fourth-order valence-corrected chi connectivity index (χ4v) is 6.16. The molecule has 0 spiro atoms. The molecular weight excluding hydrogens is 462 g/mol. The maximum Gasteiger partial charge on any atom is 0.308 e. The molecule has 0 aromatic carbocycles. The van der Waals surface area contributed by atoms with Gasteiger partial charge in [-0.2, -0.15) is 4.39 Å². The lowest BCUT2D eigenvalue weighted by Gasteiger charge is -2.47. The first kappa shape index (κ1) is 21.1. The molecule has 3 aliphatic carbocycles. The zero-order valence-electron chi connectivity index (χ0n) is 17.8. The van der Waals surface area contributed by atoms with Crippen molar-refractivity contribution in [2.24, 2.45) is 17.8 Å². The molecule has 3 fully saturated rings. The fourth-order valence-electron chi connectivity index (χ4n) is 5.45. The van der Waals surface area contributed by atoms with E-state index in [0.29, 0.717) is 16.1 Å². The van der Waals surface area contributed by atoms with Gasteiger partial charge in [-0.05, 0) is 49.0 Å². The number of carbonyl (C=O) groups is 1. The van der Waals surface area contributed by atoms with Crippen molar-refractivity contribution in [1.29, 1.82) is 0 Å². The Hall–Kier alpha value is -3.47. The first-order valence-electron chi connectivity index (χ1n) is 11.1. The number of anilines is 1. The molecule has 7 rings (SSSR count). The molecule has 8 nitrogen and oxygen atoms in total. The Bertz CT molecular complexity index is 1380. The summed E-state index contributed by atoms with van der Waals surface area (Å²) in [6, 6.07) is 3.11. The lowest BCUT2D eigenvalue weighted by molar-refractivity contribution is -0.148. The highest BCUT2D eigenvalue weighted by molar-refractivity contribution is 7.13. The monoisotopic (exact) mass is 482 g/mol. The molecular formula is C23H20F2N6O2S. The van der Waals surface area contributed by atoms with E-state index in [4.69, 9.17) is 0 Å². The van der Waals surface area contributed by atoms with E-state index in [2.05, 4.69) is 30.2 Å². The summed E-state index contributed by atoms with van der Waals surface area (Å²) in [7, 11) is 0. The molecule has 3 aliphatic rings. The summed E-state index contributed by atoms with van der Waals surface area (Å²) < 4.78 is 29.6. The molecule has 0 aliphatic heterocycles. The fraction of sp³-hybridized carbons (Fsp3) is 0.348. The van der Waals surface area contributed by atoms with Crippen LogP contribution in [0.5, 0.6) is 0 Å². The van der Waals surface area contributed by atoms with E-state index in [1.165, 1.54) is 11.3 Å². The molecule has 4 aromatic rings. The average Bonchev–Trinajstić information content (AvgIpc) is 3.51. The highest BCUT2D eigenvalue weighted by atomic mass is 32.1. The van der Waals surface area contributed by atoms with Crippen LogP contribution in [0.1, 0.15) is 25.7 Å². The lowest BCUT2D eigenvalue weighted by Crippen LogP contribution is -2.51. The van der Waals surface area contributed by atoms with Gasteiger partial charge in [0.2, 0.25) is 5.95 Å². The van der Waals surface area contributed by atoms with Gasteiger partial charge in [-0.3, -0.25) is 4.79 Å². The number of nitrogens with one attached hydrogen (secondary N) is 2. The number of aliphatic carboxylic acids is 1. The van der Waals surface area contributed by atoms with Crippen molar-refractivity contribution in [1.82, 2.24) is 24.9 Å². The molecule has 34 heavy (non-hydrogen) atoms. The van der Waals surface area contributed by atoms with Crippen LogP contribution in [0, 0.1) is 29.5 Å². The Balaban J connectivity index is 1.49. The third-order valence-corrected chi connectivity index (χ3v) is 7.88. The molecule has 174 valence electrons. The zero-order chi connectivity index (χ0) is 23.4. The van der Waals surface area contributed by atoms with E-state index < -0.39 is 29.7 Å². The summed E-state index contributed by atoms with van der Waals surface area (Å²) in [5.74, 6) is -2.60. The first-order valence-corrected chi connectivity index (χ1v) is 12.0. The number of nitrogens with zero attached hydrogens (tertiary/aromatic N) is 4. The van der Waals surface area contributed by atoms with Gasteiger partial charge < -0.3 is 15.4 Å². The van der Waals surface area contributed by atoms with Crippen LogP contribution in [0.2, 0.25) is 0 Å². The molecule has 0 amide bonds. The van der Waals surface area contributed by atoms with E-state index in [-0.39, 0.29) is 34.7 Å². The third-order valence-electron chi connectivity index (χ3n) is 7.01. The number of aromatic nitrogens is 5. The van der Waals surface area contributed by atoms with Crippen molar-refractivity contribution in [3.05, 3.63) is 41.7 Å². The lowest BCUT2D eigenvalue weighted by atomic mass is 9.61. The molecule has 3 N–H and O–H groups in total. The predicted octanol–water partition coefficient (Wildman–Crippen LogP) is 4.72. The van der Waals surface area contributed by atoms with Crippen molar-refractivity contribution in [2.45, 2.75) is 31.7 Å². The zero-order valence-corrected chi connectivity index (χ0v) is 18.6. The van der Waals surface area contributed by atoms with Crippen molar-refractivity contribution in [3.63, 3.8) is 0 Å². The molecule has 0 unspecified atom stereocenters. The Labute approximate surface area is 196 Å². The smallest absolute Gasteiger partial charge is 0.308 e. The van der Waals surface area contributed by atoms with Crippen molar-refractivity contribution >= 4 is 34.3 Å². The van der Waals surface area contributed by atoms with Gasteiger partial charge in [0.05, 0.1) is 22.6 Å². The molecule has 0 radical (unpaired) electrons. The standard InChI is InChI=1S/C23H20F2N6O2S/c24-14-9-27-22-18(28-14)12(8-26-22)20-30-19(13-2-1-7-34-13)16(25)21(31-20)29-17-11-5-3-10(4-6-11)15(17)23(32)33/h1-2,7-11,15,17H,3-6H2,(H,26,27)(H,32,33)(H,29,30,31)/t10?,11?,15-,17-/m1/s1. The summed E-state index contributed by atoms with van der Waals surface area (Å²) in [6.07, 6.45) is 6.11. The van der Waals surface area contributed by atoms with Crippen molar-refractivity contribution in [3.8, 4) is 22.0 Å². The minimum absolute atomic E-state index is 0.0593. The van der Waals surface area contributed by atoms with E-state index in [9.17, 15) is 14.3 Å². The summed E-state index contributed by atoms with van der Waals surface area (Å²) in [5, 5.41) is 14.9. The van der Waals surface area contributed by atoms with Crippen LogP contribution >= 0.6 is 11.3 Å². The quantitative estimate of drug-likeness (QED) is 0.377. The van der Waals surface area contributed by atoms with Crippen LogP contribution in [-0.4, -0.2) is 42.0 Å². The topological polar surface area (TPSA) is 117 Å². The van der Waals surface area contributed by atoms with Crippen LogP contribution < -0.4 is 5.32 Å². The molecule has 4 heterocycles. The van der Waals surface area contributed by atoms with Gasteiger partial charge in [-0.1, -0.05) is 6.07 Å². The summed E-state index contributed by atoms with van der Waals surface area (Å²) in [4.78, 5) is 32.4. The highest BCUT2D eigenvalue weighted by Crippen LogP contribution is 2.46. The van der Waals surface area contributed by atoms with Gasteiger partial charge in [0.1, 0.15) is 11.2 Å². The molecule has 11 heteroatoms. The van der Waals surface area contributed by atoms with Gasteiger partial charge in [-0.15, -0.1) is 11.3 Å². The normalized spacial score (nSPS) is 23.9. The number of fused-ring (bicyclic) bond motifs is 4. The number of carboxylic acid groups (broad SMARTS) is 1. The summed E-state index contributed by atoms with van der Waals surface area (Å²) in [6.45, 7) is 0. The molecule has 4 aromatic heterocycles.